The molecule has 0 atom stereocenters. The van der Waals surface area contributed by atoms with E-state index in [0.29, 0.717) is 5.13 Å². The van der Waals surface area contributed by atoms with Gasteiger partial charge in [0.2, 0.25) is 5.13 Å². The summed E-state index contributed by atoms with van der Waals surface area (Å²) in [5, 5.41) is 11.6. The first-order chi connectivity index (χ1) is 10.5. The van der Waals surface area contributed by atoms with Gasteiger partial charge in [0.15, 0.2) is 0 Å². The monoisotopic (exact) mass is 324 g/mol. The first kappa shape index (κ1) is 16.3. The zero-order chi connectivity index (χ0) is 16.1. The van der Waals surface area contributed by atoms with E-state index in [4.69, 9.17) is 4.74 Å². The standard InChI is InChI=1S/C14H17FN4O2S/c1-19(2)8-7-11-17-18-14(22-11)16-13(20)12-9(15)5-4-6-10(12)21-3/h4-6H,7-8H2,1-3H3,(H,16,18,20). The third kappa shape index (κ3) is 3.99. The van der Waals surface area contributed by atoms with E-state index >= 15 is 0 Å². The number of hydrogen-bond donors (Lipinski definition) is 1. The quantitative estimate of drug-likeness (QED) is 0.881. The van der Waals surface area contributed by atoms with Gasteiger partial charge >= 0.3 is 0 Å². The molecule has 0 aliphatic carbocycles. The third-order valence-corrected chi connectivity index (χ3v) is 3.78. The van der Waals surface area contributed by atoms with Crippen molar-refractivity contribution in [2.75, 3.05) is 33.1 Å². The van der Waals surface area contributed by atoms with E-state index in [1.165, 1.54) is 36.6 Å². The second kappa shape index (κ2) is 7.28. The molecule has 1 aromatic carbocycles. The Morgan fingerprint density at radius 2 is 2.18 bits per heavy atom. The molecule has 0 saturated carbocycles. The highest BCUT2D eigenvalue weighted by Crippen LogP contribution is 2.23. The second-order valence-electron chi connectivity index (χ2n) is 4.83. The number of nitrogens with one attached hydrogen (secondary N) is 1. The van der Waals surface area contributed by atoms with E-state index in [-0.39, 0.29) is 11.3 Å². The Balaban J connectivity index is 2.10. The van der Waals surface area contributed by atoms with Crippen LogP contribution in [-0.2, 0) is 6.42 Å². The summed E-state index contributed by atoms with van der Waals surface area (Å²) in [6.45, 7) is 0.837. The molecule has 118 valence electrons. The van der Waals surface area contributed by atoms with Crippen molar-refractivity contribution in [3.63, 3.8) is 0 Å². The molecule has 0 radical (unpaired) electrons. The molecule has 0 unspecified atom stereocenters. The van der Waals surface area contributed by atoms with Crippen LogP contribution in [0.5, 0.6) is 5.75 Å². The fourth-order valence-corrected chi connectivity index (χ4v) is 2.50. The molecule has 0 aliphatic rings. The number of ether oxygens (including phenoxy) is 1. The van der Waals surface area contributed by atoms with Crippen LogP contribution in [-0.4, -0.2) is 48.8 Å². The van der Waals surface area contributed by atoms with E-state index < -0.39 is 11.7 Å². The van der Waals surface area contributed by atoms with Crippen LogP contribution < -0.4 is 10.1 Å². The SMILES string of the molecule is COc1cccc(F)c1C(=O)Nc1nnc(CCN(C)C)s1. The van der Waals surface area contributed by atoms with Crippen molar-refractivity contribution in [2.45, 2.75) is 6.42 Å². The number of hydrogen-bond acceptors (Lipinski definition) is 6. The topological polar surface area (TPSA) is 67.3 Å². The molecule has 1 heterocycles. The van der Waals surface area contributed by atoms with Crippen molar-refractivity contribution in [2.24, 2.45) is 0 Å². The number of amides is 1. The molecule has 1 amide bonds. The Kier molecular flexibility index (Phi) is 5.40. The maximum atomic E-state index is 13.8. The van der Waals surface area contributed by atoms with E-state index in [2.05, 4.69) is 15.5 Å². The molecule has 1 aromatic heterocycles. The molecule has 1 N–H and O–H groups in total. The van der Waals surface area contributed by atoms with Gasteiger partial charge in [-0.25, -0.2) is 4.39 Å². The van der Waals surface area contributed by atoms with Gasteiger partial charge in [-0.3, -0.25) is 10.1 Å². The van der Waals surface area contributed by atoms with Gasteiger partial charge in [-0.2, -0.15) is 0 Å². The maximum absolute atomic E-state index is 13.8. The molecule has 8 heteroatoms. The average molecular weight is 324 g/mol. The van der Waals surface area contributed by atoms with Gasteiger partial charge in [0.05, 0.1) is 7.11 Å². The molecule has 0 spiro atoms. The first-order valence-electron chi connectivity index (χ1n) is 6.62. The lowest BCUT2D eigenvalue weighted by Gasteiger charge is -2.08. The largest absolute Gasteiger partial charge is 0.496 e. The van der Waals surface area contributed by atoms with Crippen LogP contribution in [0.25, 0.3) is 0 Å². The number of rotatable bonds is 6. The predicted octanol–water partition coefficient (Wildman–Crippen LogP) is 2.04. The van der Waals surface area contributed by atoms with Crippen molar-refractivity contribution in [3.8, 4) is 5.75 Å². The van der Waals surface area contributed by atoms with Crippen molar-refractivity contribution >= 4 is 22.4 Å². The van der Waals surface area contributed by atoms with E-state index in [0.717, 1.165) is 18.0 Å². The number of methoxy groups -OCH3 is 1. The van der Waals surface area contributed by atoms with E-state index in [1.807, 2.05) is 19.0 Å². The highest BCUT2D eigenvalue weighted by molar-refractivity contribution is 7.15. The van der Waals surface area contributed by atoms with Crippen LogP contribution in [0.3, 0.4) is 0 Å². The highest BCUT2D eigenvalue weighted by Gasteiger charge is 2.19. The smallest absolute Gasteiger partial charge is 0.264 e. The summed E-state index contributed by atoms with van der Waals surface area (Å²) in [5.74, 6) is -1.07. The summed E-state index contributed by atoms with van der Waals surface area (Å²) in [6.07, 6.45) is 0.740. The highest BCUT2D eigenvalue weighted by atomic mass is 32.1. The lowest BCUT2D eigenvalue weighted by molar-refractivity contribution is 0.102. The van der Waals surface area contributed by atoms with Crippen molar-refractivity contribution < 1.29 is 13.9 Å². The number of nitrogens with zero attached hydrogens (tertiary/aromatic N) is 3. The average Bonchev–Trinajstić information content (AvgIpc) is 2.92. The molecule has 2 aromatic rings. The van der Waals surface area contributed by atoms with Gasteiger partial charge in [-0.15, -0.1) is 10.2 Å². The normalized spacial score (nSPS) is 10.8. The fourth-order valence-electron chi connectivity index (χ4n) is 1.78. The van der Waals surface area contributed by atoms with Gasteiger partial charge in [0, 0.05) is 13.0 Å². The van der Waals surface area contributed by atoms with Crippen LogP contribution >= 0.6 is 11.3 Å². The molecule has 22 heavy (non-hydrogen) atoms. The van der Waals surface area contributed by atoms with Gasteiger partial charge in [-0.1, -0.05) is 17.4 Å². The Morgan fingerprint density at radius 3 is 2.86 bits per heavy atom. The fraction of sp³-hybridized carbons (Fsp3) is 0.357. The van der Waals surface area contributed by atoms with Crippen LogP contribution in [0.4, 0.5) is 9.52 Å². The number of carbonyl (C=O) groups is 1. The Hall–Kier alpha value is -2.06. The lowest BCUT2D eigenvalue weighted by atomic mass is 10.2. The van der Waals surface area contributed by atoms with Crippen LogP contribution in [0.15, 0.2) is 18.2 Å². The molecule has 6 nitrogen and oxygen atoms in total. The molecule has 0 saturated heterocycles. The Morgan fingerprint density at radius 1 is 1.41 bits per heavy atom. The predicted molar refractivity (Wildman–Crippen MR) is 83.1 cm³/mol. The minimum Gasteiger partial charge on any atom is -0.496 e. The van der Waals surface area contributed by atoms with Crippen molar-refractivity contribution in [1.29, 1.82) is 0 Å². The zero-order valence-electron chi connectivity index (χ0n) is 12.6. The second-order valence-corrected chi connectivity index (χ2v) is 5.89. The van der Waals surface area contributed by atoms with Crippen molar-refractivity contribution in [1.82, 2.24) is 15.1 Å². The van der Waals surface area contributed by atoms with Gasteiger partial charge < -0.3 is 9.64 Å². The zero-order valence-corrected chi connectivity index (χ0v) is 13.4. The van der Waals surface area contributed by atoms with Gasteiger partial charge in [0.1, 0.15) is 22.1 Å². The molecule has 0 aliphatic heterocycles. The number of halogens is 1. The summed E-state index contributed by atoms with van der Waals surface area (Å²) in [6, 6.07) is 4.22. The van der Waals surface area contributed by atoms with Crippen LogP contribution in [0.1, 0.15) is 15.4 Å². The number of likely N-dealkylation sites (N-methyl/N-ethyl adjacent to an activating group) is 1. The molecule has 2 rings (SSSR count). The van der Waals surface area contributed by atoms with Crippen LogP contribution in [0, 0.1) is 5.82 Å². The first-order valence-corrected chi connectivity index (χ1v) is 7.44. The Bertz CT molecular complexity index is 660. The van der Waals surface area contributed by atoms with Gasteiger partial charge in [-0.05, 0) is 26.2 Å². The van der Waals surface area contributed by atoms with Crippen LogP contribution in [0.2, 0.25) is 0 Å². The summed E-state index contributed by atoms with van der Waals surface area (Å²) in [7, 11) is 5.32. The number of anilines is 1. The molecular formula is C14H17FN4O2S. The van der Waals surface area contributed by atoms with Crippen molar-refractivity contribution in [3.05, 3.63) is 34.6 Å². The Labute approximate surface area is 131 Å². The van der Waals surface area contributed by atoms with E-state index in [9.17, 15) is 9.18 Å². The molecular weight excluding hydrogens is 307 g/mol. The number of aromatic nitrogens is 2. The minimum absolute atomic E-state index is 0.143. The third-order valence-electron chi connectivity index (χ3n) is 2.88. The number of carbonyl (C=O) groups excluding carboxylic acids is 1. The molecule has 0 fully saturated rings. The summed E-state index contributed by atoms with van der Waals surface area (Å²) < 4.78 is 18.8. The summed E-state index contributed by atoms with van der Waals surface area (Å²) >= 11 is 1.27. The summed E-state index contributed by atoms with van der Waals surface area (Å²) in [5.41, 5.74) is -0.143. The minimum atomic E-state index is -0.644. The number of benzene rings is 1. The van der Waals surface area contributed by atoms with E-state index in [1.54, 1.807) is 0 Å². The van der Waals surface area contributed by atoms with Gasteiger partial charge in [0.25, 0.3) is 5.91 Å². The lowest BCUT2D eigenvalue weighted by Crippen LogP contribution is -2.15. The maximum Gasteiger partial charge on any atom is 0.264 e. The molecule has 0 bridgehead atoms. The summed E-state index contributed by atoms with van der Waals surface area (Å²) in [4.78, 5) is 14.2.